The molecular weight excluding hydrogens is 582 g/mol. The fraction of sp³-hybridized carbons (Fsp3) is 0.273. The van der Waals surface area contributed by atoms with Crippen molar-refractivity contribution >= 4 is 17.4 Å². The predicted molar refractivity (Wildman–Crippen MR) is 167 cm³/mol. The Balaban J connectivity index is 1.38. The molecule has 232 valence electrons. The fourth-order valence-electron chi connectivity index (χ4n) is 4.93. The van der Waals surface area contributed by atoms with Gasteiger partial charge in [-0.3, -0.25) is 14.2 Å². The van der Waals surface area contributed by atoms with Crippen LogP contribution in [0.1, 0.15) is 55.1 Å². The van der Waals surface area contributed by atoms with Crippen LogP contribution in [0.15, 0.2) is 70.5 Å². The summed E-state index contributed by atoms with van der Waals surface area (Å²) in [6.07, 6.45) is 5.37. The van der Waals surface area contributed by atoms with E-state index in [0.717, 1.165) is 54.9 Å². The summed E-state index contributed by atoms with van der Waals surface area (Å²) in [5.41, 5.74) is 4.57. The molecule has 4 aromatic rings. The first-order chi connectivity index (χ1) is 21.6. The lowest BCUT2D eigenvalue weighted by atomic mass is 9.95. The van der Waals surface area contributed by atoms with Crippen LogP contribution in [-0.2, 0) is 0 Å². The number of nitrogens with one attached hydrogen (secondary N) is 2. The molecule has 0 spiro atoms. The van der Waals surface area contributed by atoms with Gasteiger partial charge in [-0.25, -0.2) is 23.1 Å². The van der Waals surface area contributed by atoms with E-state index in [0.29, 0.717) is 17.9 Å². The molecule has 5 rings (SSSR count). The number of ether oxygens (including phenoxy) is 1. The predicted octanol–water partition coefficient (Wildman–Crippen LogP) is 4.62. The van der Waals surface area contributed by atoms with E-state index in [1.54, 1.807) is 13.8 Å². The number of aromatic nitrogens is 3. The zero-order valence-electron chi connectivity index (χ0n) is 24.8. The highest BCUT2D eigenvalue weighted by Crippen LogP contribution is 2.30. The van der Waals surface area contributed by atoms with E-state index in [9.17, 15) is 18.8 Å². The molecule has 0 unspecified atom stereocenters. The highest BCUT2D eigenvalue weighted by molar-refractivity contribution is 6.03. The molecule has 0 bridgehead atoms. The lowest BCUT2D eigenvalue weighted by molar-refractivity contribution is 0.102. The number of nitrogens with zero attached hydrogens (tertiary/aromatic N) is 3. The lowest BCUT2D eigenvalue weighted by Crippen LogP contribution is -2.42. The third-order valence-corrected chi connectivity index (χ3v) is 7.41. The molecule has 1 amide bonds. The number of anilines is 2. The molecule has 2 aromatic heterocycles. The van der Waals surface area contributed by atoms with E-state index in [4.69, 9.17) is 10.5 Å². The largest absolute Gasteiger partial charge is 0.453 e. The number of hydrogen-bond donors (Lipinski definition) is 3. The van der Waals surface area contributed by atoms with Gasteiger partial charge in [-0.2, -0.15) is 0 Å². The molecule has 45 heavy (non-hydrogen) atoms. The molecule has 3 heterocycles. The molecule has 1 aliphatic heterocycles. The molecule has 0 atom stereocenters. The van der Waals surface area contributed by atoms with Crippen molar-refractivity contribution in [1.29, 1.82) is 0 Å². The number of halogens is 2. The van der Waals surface area contributed by atoms with E-state index < -0.39 is 34.8 Å². The van der Waals surface area contributed by atoms with Gasteiger partial charge in [0.2, 0.25) is 0 Å². The number of benzene rings is 2. The van der Waals surface area contributed by atoms with Gasteiger partial charge in [-0.1, -0.05) is 11.8 Å². The van der Waals surface area contributed by atoms with Crippen LogP contribution in [0.25, 0.3) is 5.69 Å². The third kappa shape index (κ3) is 7.11. The molecule has 12 heteroatoms. The number of carbonyl (C=O) groups is 1. The van der Waals surface area contributed by atoms with Crippen molar-refractivity contribution in [2.45, 2.75) is 39.2 Å². The van der Waals surface area contributed by atoms with Crippen molar-refractivity contribution in [3.8, 4) is 29.0 Å². The van der Waals surface area contributed by atoms with Crippen LogP contribution in [0.3, 0.4) is 0 Å². The average molecular weight is 615 g/mol. The summed E-state index contributed by atoms with van der Waals surface area (Å²) in [5.74, 6) is 4.69. The van der Waals surface area contributed by atoms with Gasteiger partial charge < -0.3 is 21.1 Å². The number of nitrogens with two attached hydrogens (primary N) is 1. The van der Waals surface area contributed by atoms with Crippen molar-refractivity contribution in [2.24, 2.45) is 5.92 Å². The SMILES string of the molecule is CC(C)n1cc(C(=O)Nc2ccc(Oc3ccnc(N)c3C#CCC3CCNCC3)c(F)c2)c(=O)n(-c2ccc(F)cc2)c1=O. The summed E-state index contributed by atoms with van der Waals surface area (Å²) in [5, 5.41) is 5.83. The molecule has 0 saturated carbocycles. The number of pyridine rings is 1. The fourth-order valence-corrected chi connectivity index (χ4v) is 4.93. The Morgan fingerprint density at radius 2 is 1.84 bits per heavy atom. The van der Waals surface area contributed by atoms with Gasteiger partial charge in [0.25, 0.3) is 11.5 Å². The Morgan fingerprint density at radius 3 is 2.53 bits per heavy atom. The summed E-state index contributed by atoms with van der Waals surface area (Å²) in [6, 6.07) is 9.62. The van der Waals surface area contributed by atoms with Crippen LogP contribution < -0.4 is 32.4 Å². The Morgan fingerprint density at radius 1 is 1.11 bits per heavy atom. The topological polar surface area (TPSA) is 133 Å². The van der Waals surface area contributed by atoms with Crippen LogP contribution in [0.2, 0.25) is 0 Å². The smallest absolute Gasteiger partial charge is 0.335 e. The second kappa shape index (κ2) is 13.6. The van der Waals surface area contributed by atoms with E-state index in [1.165, 1.54) is 41.1 Å². The molecule has 10 nitrogen and oxygen atoms in total. The van der Waals surface area contributed by atoms with Gasteiger partial charge in [-0.05, 0) is 82.1 Å². The molecule has 0 aliphatic carbocycles. The van der Waals surface area contributed by atoms with E-state index in [2.05, 4.69) is 27.5 Å². The maximum atomic E-state index is 15.2. The molecule has 1 aliphatic rings. The zero-order chi connectivity index (χ0) is 32.1. The van der Waals surface area contributed by atoms with Gasteiger partial charge in [-0.15, -0.1) is 0 Å². The number of nitrogen functional groups attached to an aromatic ring is 1. The number of rotatable bonds is 7. The van der Waals surface area contributed by atoms with Crippen molar-refractivity contribution in [2.75, 3.05) is 24.1 Å². The average Bonchev–Trinajstić information content (AvgIpc) is 3.01. The number of carbonyl (C=O) groups excluding carboxylic acids is 1. The lowest BCUT2D eigenvalue weighted by Gasteiger charge is -2.20. The van der Waals surface area contributed by atoms with Crippen molar-refractivity contribution in [1.82, 2.24) is 19.4 Å². The van der Waals surface area contributed by atoms with Crippen LogP contribution in [-0.4, -0.2) is 33.1 Å². The Kier molecular flexibility index (Phi) is 9.39. The second-order valence-corrected chi connectivity index (χ2v) is 10.9. The van der Waals surface area contributed by atoms with E-state index in [1.807, 2.05) is 0 Å². The monoisotopic (exact) mass is 614 g/mol. The minimum Gasteiger partial charge on any atom is -0.453 e. The molecule has 1 fully saturated rings. The number of piperidine rings is 1. The first-order valence-corrected chi connectivity index (χ1v) is 14.5. The number of hydrogen-bond acceptors (Lipinski definition) is 7. The van der Waals surface area contributed by atoms with E-state index in [-0.39, 0.29) is 34.3 Å². The first-order valence-electron chi connectivity index (χ1n) is 14.5. The Labute approximate surface area is 257 Å². The molecule has 4 N–H and O–H groups in total. The Hall–Kier alpha value is -5.28. The van der Waals surface area contributed by atoms with Gasteiger partial charge in [0.05, 0.1) is 5.69 Å². The third-order valence-electron chi connectivity index (χ3n) is 7.41. The molecule has 2 aromatic carbocycles. The second-order valence-electron chi connectivity index (χ2n) is 10.9. The quantitative estimate of drug-likeness (QED) is 0.259. The van der Waals surface area contributed by atoms with Crippen LogP contribution in [0, 0.1) is 29.4 Å². The van der Waals surface area contributed by atoms with Crippen molar-refractivity contribution in [3.05, 3.63) is 105 Å². The van der Waals surface area contributed by atoms with Gasteiger partial charge >= 0.3 is 5.69 Å². The molecule has 1 saturated heterocycles. The molecule has 0 radical (unpaired) electrons. The number of amides is 1. The van der Waals surface area contributed by atoms with Crippen molar-refractivity contribution in [3.63, 3.8) is 0 Å². The highest BCUT2D eigenvalue weighted by atomic mass is 19.1. The van der Waals surface area contributed by atoms with Crippen LogP contribution >= 0.6 is 0 Å². The normalized spacial score (nSPS) is 13.3. The summed E-state index contributed by atoms with van der Waals surface area (Å²) < 4.78 is 36.6. The highest BCUT2D eigenvalue weighted by Gasteiger charge is 2.21. The standard InChI is InChI=1S/C33H32F2N6O4/c1-20(2)40-19-26(32(43)41(33(40)44)24-9-6-22(34)7-10-24)31(42)39-23-8-11-29(27(35)18-23)45-28-14-17-38-30(36)25(28)5-3-4-21-12-15-37-16-13-21/h6-11,14,17-21,37H,4,12-13,15-16H2,1-2H3,(H2,36,38)(H,39,42). The van der Waals surface area contributed by atoms with Crippen LogP contribution in [0.4, 0.5) is 20.3 Å². The summed E-state index contributed by atoms with van der Waals surface area (Å²) in [7, 11) is 0. The first kappa shape index (κ1) is 31.2. The van der Waals surface area contributed by atoms with Gasteiger partial charge in [0, 0.05) is 42.7 Å². The molecular formula is C33H32F2N6O4. The minimum absolute atomic E-state index is 0.0381. The van der Waals surface area contributed by atoms with Crippen molar-refractivity contribution < 1.29 is 18.3 Å². The van der Waals surface area contributed by atoms with Gasteiger partial charge in [0.15, 0.2) is 11.6 Å². The zero-order valence-corrected chi connectivity index (χ0v) is 24.8. The maximum absolute atomic E-state index is 15.2. The summed E-state index contributed by atoms with van der Waals surface area (Å²) in [4.78, 5) is 43.7. The van der Waals surface area contributed by atoms with Gasteiger partial charge in [0.1, 0.15) is 28.5 Å². The minimum atomic E-state index is -0.912. The van der Waals surface area contributed by atoms with Crippen LogP contribution in [0.5, 0.6) is 11.5 Å². The Bertz CT molecular complexity index is 1900. The summed E-state index contributed by atoms with van der Waals surface area (Å²) in [6.45, 7) is 5.34. The van der Waals surface area contributed by atoms with E-state index >= 15 is 4.39 Å². The maximum Gasteiger partial charge on any atom is 0.335 e. The summed E-state index contributed by atoms with van der Waals surface area (Å²) >= 11 is 0.